The first-order chi connectivity index (χ1) is 18.2. The van der Waals surface area contributed by atoms with Crippen LogP contribution in [0.4, 0.5) is 10.2 Å². The van der Waals surface area contributed by atoms with E-state index in [0.29, 0.717) is 18.9 Å². The van der Waals surface area contributed by atoms with Crippen molar-refractivity contribution in [2.24, 2.45) is 0 Å². The molecule has 0 bridgehead atoms. The van der Waals surface area contributed by atoms with E-state index in [-0.39, 0.29) is 5.82 Å². The number of hydrogen-bond acceptors (Lipinski definition) is 4. The van der Waals surface area contributed by atoms with Crippen LogP contribution in [-0.2, 0) is 13.1 Å². The first kappa shape index (κ1) is 22.6. The minimum absolute atomic E-state index is 0.284. The Labute approximate surface area is 214 Å². The Morgan fingerprint density at radius 2 is 1.27 bits per heavy atom. The predicted octanol–water partition coefficient (Wildman–Crippen LogP) is 6.83. The first-order valence-corrected chi connectivity index (χ1v) is 12.1. The van der Waals surface area contributed by atoms with Crippen molar-refractivity contribution < 1.29 is 4.39 Å². The number of halogens is 1. The molecule has 0 aliphatic heterocycles. The van der Waals surface area contributed by atoms with Gasteiger partial charge in [-0.2, -0.15) is 0 Å². The number of aromatic nitrogens is 4. The summed E-state index contributed by atoms with van der Waals surface area (Å²) in [5.74, 6) is 1.26. The number of rotatable bonds is 7. The molecule has 0 atom stereocenters. The third-order valence-electron chi connectivity index (χ3n) is 6.27. The number of hydrogen-bond donors (Lipinski definition) is 0. The summed E-state index contributed by atoms with van der Waals surface area (Å²) < 4.78 is 15.7. The van der Waals surface area contributed by atoms with E-state index in [1.807, 2.05) is 41.0 Å². The molecule has 6 rings (SSSR count). The molecule has 6 heteroatoms. The van der Waals surface area contributed by atoms with E-state index in [2.05, 4.69) is 58.4 Å². The Bertz CT molecular complexity index is 1570. The molecule has 0 saturated heterocycles. The summed E-state index contributed by atoms with van der Waals surface area (Å²) in [7, 11) is 0. The van der Waals surface area contributed by atoms with Gasteiger partial charge in [-0.3, -0.25) is 9.55 Å². The van der Waals surface area contributed by atoms with Gasteiger partial charge in [0.15, 0.2) is 5.65 Å². The van der Waals surface area contributed by atoms with Gasteiger partial charge < -0.3 is 4.90 Å². The monoisotopic (exact) mass is 485 g/mol. The van der Waals surface area contributed by atoms with Crippen molar-refractivity contribution in [3.05, 3.63) is 139 Å². The summed E-state index contributed by atoms with van der Waals surface area (Å²) in [5, 5.41) is 0. The van der Waals surface area contributed by atoms with Crippen LogP contribution in [0.1, 0.15) is 11.1 Å². The molecule has 0 amide bonds. The van der Waals surface area contributed by atoms with Crippen LogP contribution in [-0.4, -0.2) is 19.5 Å². The molecule has 3 aromatic heterocycles. The highest BCUT2D eigenvalue weighted by Gasteiger charge is 2.18. The van der Waals surface area contributed by atoms with Crippen molar-refractivity contribution in [2.75, 3.05) is 4.90 Å². The normalized spacial score (nSPS) is 11.1. The van der Waals surface area contributed by atoms with Crippen LogP contribution in [0.25, 0.3) is 28.2 Å². The average molecular weight is 486 g/mol. The summed E-state index contributed by atoms with van der Waals surface area (Å²) in [6.07, 6.45) is 3.49. The molecular weight excluding hydrogens is 461 g/mol. The Morgan fingerprint density at radius 1 is 0.649 bits per heavy atom. The Balaban J connectivity index is 1.50. The quantitative estimate of drug-likeness (QED) is 0.249. The summed E-state index contributed by atoms with van der Waals surface area (Å²) in [5.41, 5.74) is 5.60. The number of anilines is 1. The van der Waals surface area contributed by atoms with Crippen LogP contribution in [0, 0.1) is 5.82 Å². The standard InChI is InChI=1S/C31H24FN5/c32-26-13-11-25(12-14-26)30-34-28-15-16-29(35-31(28)37(30)27-17-19-33-20-18-27)36(21-23-7-3-1-4-8-23)22-24-9-5-2-6-10-24/h1-20H,21-22H2. The first-order valence-electron chi connectivity index (χ1n) is 12.1. The van der Waals surface area contributed by atoms with Gasteiger partial charge in [0.1, 0.15) is 23.0 Å². The summed E-state index contributed by atoms with van der Waals surface area (Å²) in [4.78, 5) is 16.5. The fraction of sp³-hybridized carbons (Fsp3) is 0.0645. The largest absolute Gasteiger partial charge is 0.348 e. The molecule has 0 aliphatic rings. The lowest BCUT2D eigenvalue weighted by molar-refractivity contribution is 0.628. The smallest absolute Gasteiger partial charge is 0.167 e. The molecule has 0 spiro atoms. The van der Waals surface area contributed by atoms with Gasteiger partial charge in [-0.1, -0.05) is 60.7 Å². The van der Waals surface area contributed by atoms with Crippen molar-refractivity contribution in [1.29, 1.82) is 0 Å². The summed E-state index contributed by atoms with van der Waals surface area (Å²) >= 11 is 0. The molecule has 0 saturated carbocycles. The topological polar surface area (TPSA) is 46.8 Å². The summed E-state index contributed by atoms with van der Waals surface area (Å²) in [6.45, 7) is 1.42. The van der Waals surface area contributed by atoms with Crippen LogP contribution in [0.2, 0.25) is 0 Å². The van der Waals surface area contributed by atoms with Gasteiger partial charge in [0.25, 0.3) is 0 Å². The minimum atomic E-state index is -0.284. The lowest BCUT2D eigenvalue weighted by atomic mass is 10.1. The fourth-order valence-corrected chi connectivity index (χ4v) is 4.48. The molecule has 37 heavy (non-hydrogen) atoms. The van der Waals surface area contributed by atoms with Crippen LogP contribution < -0.4 is 4.90 Å². The highest BCUT2D eigenvalue weighted by molar-refractivity contribution is 5.81. The molecule has 0 aliphatic carbocycles. The molecule has 180 valence electrons. The van der Waals surface area contributed by atoms with E-state index < -0.39 is 0 Å². The van der Waals surface area contributed by atoms with Crippen molar-refractivity contribution >= 4 is 17.0 Å². The zero-order chi connectivity index (χ0) is 25.0. The Kier molecular flexibility index (Phi) is 6.13. The molecule has 0 fully saturated rings. The predicted molar refractivity (Wildman–Crippen MR) is 145 cm³/mol. The van der Waals surface area contributed by atoms with E-state index in [4.69, 9.17) is 9.97 Å². The van der Waals surface area contributed by atoms with Crippen LogP contribution in [0.5, 0.6) is 0 Å². The van der Waals surface area contributed by atoms with E-state index >= 15 is 0 Å². The second-order valence-electron chi connectivity index (χ2n) is 8.82. The van der Waals surface area contributed by atoms with Crippen molar-refractivity contribution in [2.45, 2.75) is 13.1 Å². The zero-order valence-electron chi connectivity index (χ0n) is 20.1. The Morgan fingerprint density at radius 3 is 1.89 bits per heavy atom. The van der Waals surface area contributed by atoms with Crippen molar-refractivity contribution in [3.63, 3.8) is 0 Å². The van der Waals surface area contributed by atoms with Gasteiger partial charge in [0, 0.05) is 31.0 Å². The molecule has 3 heterocycles. The third-order valence-corrected chi connectivity index (χ3v) is 6.27. The molecule has 5 nitrogen and oxygen atoms in total. The van der Waals surface area contributed by atoms with Crippen LogP contribution >= 0.6 is 0 Å². The van der Waals surface area contributed by atoms with Gasteiger partial charge in [0.05, 0.1) is 5.69 Å². The van der Waals surface area contributed by atoms with Gasteiger partial charge in [-0.05, 0) is 59.7 Å². The number of fused-ring (bicyclic) bond motifs is 1. The van der Waals surface area contributed by atoms with E-state index in [1.54, 1.807) is 24.5 Å². The van der Waals surface area contributed by atoms with Crippen LogP contribution in [0.3, 0.4) is 0 Å². The second kappa shape index (κ2) is 10.0. The van der Waals surface area contributed by atoms with Crippen LogP contribution in [0.15, 0.2) is 122 Å². The van der Waals surface area contributed by atoms with Gasteiger partial charge >= 0.3 is 0 Å². The van der Waals surface area contributed by atoms with Gasteiger partial charge in [-0.15, -0.1) is 0 Å². The maximum Gasteiger partial charge on any atom is 0.167 e. The molecule has 3 aromatic carbocycles. The average Bonchev–Trinajstić information content (AvgIpc) is 3.33. The molecule has 0 N–H and O–H groups in total. The molecule has 0 radical (unpaired) electrons. The molecular formula is C31H24FN5. The number of pyridine rings is 2. The zero-order valence-corrected chi connectivity index (χ0v) is 20.1. The van der Waals surface area contributed by atoms with Crippen molar-refractivity contribution in [1.82, 2.24) is 19.5 Å². The van der Waals surface area contributed by atoms with E-state index in [1.165, 1.54) is 23.3 Å². The van der Waals surface area contributed by atoms with E-state index in [9.17, 15) is 4.39 Å². The molecule has 0 unspecified atom stereocenters. The number of imidazole rings is 1. The number of benzene rings is 3. The number of nitrogens with zero attached hydrogens (tertiary/aromatic N) is 5. The van der Waals surface area contributed by atoms with Gasteiger partial charge in [0.2, 0.25) is 0 Å². The van der Waals surface area contributed by atoms with E-state index in [0.717, 1.165) is 28.2 Å². The third kappa shape index (κ3) is 4.82. The highest BCUT2D eigenvalue weighted by Crippen LogP contribution is 2.30. The SMILES string of the molecule is Fc1ccc(-c2nc3ccc(N(Cc4ccccc4)Cc4ccccc4)nc3n2-c2ccncc2)cc1. The lowest BCUT2D eigenvalue weighted by Crippen LogP contribution is -2.23. The van der Waals surface area contributed by atoms with Gasteiger partial charge in [-0.25, -0.2) is 14.4 Å². The van der Waals surface area contributed by atoms with Crippen molar-refractivity contribution in [3.8, 4) is 17.1 Å². The highest BCUT2D eigenvalue weighted by atomic mass is 19.1. The lowest BCUT2D eigenvalue weighted by Gasteiger charge is -2.24. The minimum Gasteiger partial charge on any atom is -0.348 e. The summed E-state index contributed by atoms with van der Waals surface area (Å²) in [6, 6.07) is 35.1. The fourth-order valence-electron chi connectivity index (χ4n) is 4.48. The molecule has 6 aromatic rings. The maximum absolute atomic E-state index is 13.7. The maximum atomic E-state index is 13.7. The Hall–Kier alpha value is -4.84. The second-order valence-corrected chi connectivity index (χ2v) is 8.82.